The molecule has 0 radical (unpaired) electrons. The van der Waals surface area contributed by atoms with Crippen molar-refractivity contribution in [2.75, 3.05) is 19.3 Å². The van der Waals surface area contributed by atoms with E-state index in [1.54, 1.807) is 12.1 Å². The molecule has 0 saturated carbocycles. The van der Waals surface area contributed by atoms with Gasteiger partial charge in [-0.3, -0.25) is 4.90 Å². The molecular weight excluding hydrogens is 468 g/mol. The van der Waals surface area contributed by atoms with Crippen LogP contribution in [-0.2, 0) is 16.4 Å². The second-order valence-electron chi connectivity index (χ2n) is 8.12. The number of halogens is 3. The summed E-state index contributed by atoms with van der Waals surface area (Å²) in [7, 11) is -3.73. The molecule has 1 N–H and O–H groups in total. The third-order valence-corrected chi connectivity index (χ3v) is 7.15. The van der Waals surface area contributed by atoms with E-state index in [9.17, 15) is 22.3 Å². The van der Waals surface area contributed by atoms with Gasteiger partial charge in [0.1, 0.15) is 11.6 Å². The van der Waals surface area contributed by atoms with E-state index in [2.05, 4.69) is 4.90 Å². The van der Waals surface area contributed by atoms with Crippen molar-refractivity contribution in [2.45, 2.75) is 12.6 Å². The maximum absolute atomic E-state index is 13.8. The summed E-state index contributed by atoms with van der Waals surface area (Å²) in [4.78, 5) is 2.04. The summed E-state index contributed by atoms with van der Waals surface area (Å²) in [6.45, 7) is 0.565. The Hall–Kier alpha value is -2.58. The zero-order chi connectivity index (χ0) is 23.8. The van der Waals surface area contributed by atoms with E-state index in [0.29, 0.717) is 29.8 Å². The van der Waals surface area contributed by atoms with Crippen LogP contribution in [0.2, 0.25) is 5.02 Å². The van der Waals surface area contributed by atoms with E-state index < -0.39 is 21.5 Å². The molecule has 1 aliphatic heterocycles. The molecule has 4 rings (SSSR count). The third-order valence-electron chi connectivity index (χ3n) is 5.63. The summed E-state index contributed by atoms with van der Waals surface area (Å²) >= 11 is 6.06. The number of hydrogen-bond acceptors (Lipinski definition) is 4. The van der Waals surface area contributed by atoms with Gasteiger partial charge in [-0.05, 0) is 52.1 Å². The van der Waals surface area contributed by atoms with Gasteiger partial charge in [-0.15, -0.1) is 0 Å². The molecule has 4 nitrogen and oxygen atoms in total. The molecule has 1 saturated heterocycles. The van der Waals surface area contributed by atoms with Crippen molar-refractivity contribution in [3.63, 3.8) is 0 Å². The minimum absolute atomic E-state index is 0.0139. The highest BCUT2D eigenvalue weighted by Gasteiger charge is 2.34. The van der Waals surface area contributed by atoms with E-state index in [1.807, 2.05) is 36.4 Å². The van der Waals surface area contributed by atoms with Crippen LogP contribution in [0.4, 0.5) is 8.78 Å². The molecule has 0 bridgehead atoms. The molecule has 1 fully saturated rings. The first-order valence-electron chi connectivity index (χ1n) is 10.2. The maximum Gasteiger partial charge on any atom is 0.176 e. The van der Waals surface area contributed by atoms with Gasteiger partial charge in [0, 0.05) is 30.4 Å². The Morgan fingerprint density at radius 1 is 0.970 bits per heavy atom. The zero-order valence-corrected chi connectivity index (χ0v) is 19.4. The Bertz CT molecular complexity index is 1280. The maximum atomic E-state index is 13.8. The number of likely N-dealkylation sites (tertiary alicyclic amines) is 1. The second kappa shape index (κ2) is 9.35. The number of aliphatic hydroxyl groups is 1. The van der Waals surface area contributed by atoms with Gasteiger partial charge >= 0.3 is 0 Å². The molecule has 1 atom stereocenters. The van der Waals surface area contributed by atoms with Crippen LogP contribution in [0.5, 0.6) is 0 Å². The topological polar surface area (TPSA) is 57.6 Å². The fourth-order valence-corrected chi connectivity index (χ4v) is 5.53. The van der Waals surface area contributed by atoms with Gasteiger partial charge < -0.3 is 5.11 Å². The zero-order valence-electron chi connectivity index (χ0n) is 17.8. The number of benzene rings is 3. The molecule has 1 unspecified atom stereocenters. The van der Waals surface area contributed by atoms with Crippen LogP contribution >= 0.6 is 11.6 Å². The van der Waals surface area contributed by atoms with E-state index in [-0.39, 0.29) is 23.1 Å². The largest absolute Gasteiger partial charge is 0.392 e. The van der Waals surface area contributed by atoms with Crippen molar-refractivity contribution in [2.24, 2.45) is 0 Å². The number of hydrogen-bond donors (Lipinski definition) is 1. The molecule has 3 aromatic carbocycles. The highest BCUT2D eigenvalue weighted by Crippen LogP contribution is 2.38. The van der Waals surface area contributed by atoms with Crippen LogP contribution in [-0.4, -0.2) is 37.8 Å². The van der Waals surface area contributed by atoms with E-state index in [4.69, 9.17) is 11.6 Å². The van der Waals surface area contributed by atoms with Crippen molar-refractivity contribution < 1.29 is 22.3 Å². The van der Waals surface area contributed by atoms with Crippen molar-refractivity contribution in [1.82, 2.24) is 4.90 Å². The van der Waals surface area contributed by atoms with Gasteiger partial charge in [-0.25, -0.2) is 17.2 Å². The number of sulfone groups is 1. The smallest absolute Gasteiger partial charge is 0.176 e. The minimum Gasteiger partial charge on any atom is -0.392 e. The van der Waals surface area contributed by atoms with Gasteiger partial charge in [-0.1, -0.05) is 48.0 Å². The molecular formula is C25H22ClF2NO3S. The fourth-order valence-electron chi connectivity index (χ4n) is 4.20. The Labute approximate surface area is 196 Å². The first kappa shape index (κ1) is 23.6. The Kier molecular flexibility index (Phi) is 6.68. The molecule has 1 heterocycles. The van der Waals surface area contributed by atoms with Gasteiger partial charge in [0.2, 0.25) is 0 Å². The van der Waals surface area contributed by atoms with Gasteiger partial charge in [0.25, 0.3) is 0 Å². The predicted molar refractivity (Wildman–Crippen MR) is 125 cm³/mol. The molecule has 0 spiro atoms. The van der Waals surface area contributed by atoms with Crippen molar-refractivity contribution in [3.05, 3.63) is 111 Å². The van der Waals surface area contributed by atoms with E-state index in [1.165, 1.54) is 0 Å². The summed E-state index contributed by atoms with van der Waals surface area (Å²) in [5, 5.41) is 9.96. The summed E-state index contributed by atoms with van der Waals surface area (Å²) in [6, 6.07) is 17.5. The van der Waals surface area contributed by atoms with E-state index in [0.717, 1.165) is 35.1 Å². The average Bonchev–Trinajstić information content (AvgIpc) is 2.72. The van der Waals surface area contributed by atoms with Crippen LogP contribution < -0.4 is 0 Å². The molecule has 0 aliphatic carbocycles. The van der Waals surface area contributed by atoms with Crippen LogP contribution in [0.3, 0.4) is 0 Å². The van der Waals surface area contributed by atoms with Gasteiger partial charge in [0.05, 0.1) is 17.6 Å². The number of nitrogens with zero attached hydrogens (tertiary/aromatic N) is 1. The third kappa shape index (κ3) is 5.17. The summed E-state index contributed by atoms with van der Waals surface area (Å²) < 4.78 is 52.7. The van der Waals surface area contributed by atoms with Crippen LogP contribution in [0.25, 0.3) is 4.91 Å². The quantitative estimate of drug-likeness (QED) is 0.531. The number of aliphatic hydroxyl groups excluding tert-OH is 1. The Balaban J connectivity index is 1.73. The lowest BCUT2D eigenvalue weighted by Gasteiger charge is -2.42. The Morgan fingerprint density at radius 3 is 1.97 bits per heavy atom. The molecule has 172 valence electrons. The normalized spacial score (nSPS) is 15.2. The first-order chi connectivity index (χ1) is 15.7. The van der Waals surface area contributed by atoms with Crippen LogP contribution in [0.15, 0.2) is 72.3 Å². The van der Waals surface area contributed by atoms with Crippen molar-refractivity contribution in [1.29, 1.82) is 0 Å². The summed E-state index contributed by atoms with van der Waals surface area (Å²) in [6.07, 6.45) is 1.05. The average molecular weight is 490 g/mol. The minimum atomic E-state index is -3.73. The standard InChI is InChI=1S/C25H22ClF2NO3S/c1-33(31,32)25(19-10-22(27)12-23(28)11-19)20-13-29(14-20)24(18-6-8-21(26)9-7-18)17-4-2-16(15-30)3-5-17/h2-12,24,30H,13-15H2,1H3. The Morgan fingerprint density at radius 2 is 1.48 bits per heavy atom. The molecule has 3 aromatic rings. The molecule has 0 amide bonds. The molecule has 33 heavy (non-hydrogen) atoms. The van der Waals surface area contributed by atoms with Crippen LogP contribution in [0, 0.1) is 11.6 Å². The van der Waals surface area contributed by atoms with Crippen LogP contribution in [0.1, 0.15) is 28.3 Å². The lowest BCUT2D eigenvalue weighted by atomic mass is 9.91. The summed E-state index contributed by atoms with van der Waals surface area (Å²) in [5.74, 6) is -1.66. The first-order valence-corrected chi connectivity index (χ1v) is 12.5. The van der Waals surface area contributed by atoms with Gasteiger partial charge in [0.15, 0.2) is 9.84 Å². The lowest BCUT2D eigenvalue weighted by molar-refractivity contribution is 0.203. The summed E-state index contributed by atoms with van der Waals surface area (Å²) in [5.41, 5.74) is 3.32. The highest BCUT2D eigenvalue weighted by molar-refractivity contribution is 8.00. The van der Waals surface area contributed by atoms with Crippen molar-refractivity contribution >= 4 is 26.3 Å². The lowest BCUT2D eigenvalue weighted by Crippen LogP contribution is -2.44. The second-order valence-corrected chi connectivity index (χ2v) is 10.5. The van der Waals surface area contributed by atoms with Gasteiger partial charge in [-0.2, -0.15) is 0 Å². The highest BCUT2D eigenvalue weighted by atomic mass is 35.5. The van der Waals surface area contributed by atoms with Crippen molar-refractivity contribution in [3.8, 4) is 0 Å². The fraction of sp³-hybridized carbons (Fsp3) is 0.200. The number of rotatable bonds is 6. The molecule has 0 aromatic heterocycles. The molecule has 8 heteroatoms. The predicted octanol–water partition coefficient (Wildman–Crippen LogP) is 4.97. The van der Waals surface area contributed by atoms with E-state index >= 15 is 0 Å². The monoisotopic (exact) mass is 489 g/mol. The molecule has 1 aliphatic rings. The SMILES string of the molecule is CS(=O)(=O)C(=C1CN(C(c2ccc(Cl)cc2)c2ccc(CO)cc2)C1)c1cc(F)cc(F)c1.